The second kappa shape index (κ2) is 9.82. The largest absolute Gasteiger partial charge is 0.573 e. The maximum atomic E-state index is 13.5. The zero-order valence-corrected chi connectivity index (χ0v) is 18.6. The van der Waals surface area contributed by atoms with Gasteiger partial charge in [0, 0.05) is 10.9 Å². The van der Waals surface area contributed by atoms with Crippen molar-refractivity contribution in [3.63, 3.8) is 0 Å². The van der Waals surface area contributed by atoms with Gasteiger partial charge >= 0.3 is 12.5 Å². The molecular weight excluding hydrogens is 479 g/mol. The Morgan fingerprint density at radius 2 is 1.58 bits per heavy atom. The summed E-state index contributed by atoms with van der Waals surface area (Å²) in [5.74, 6) is -1.26. The molecule has 1 aromatic heterocycles. The van der Waals surface area contributed by atoms with E-state index in [0.29, 0.717) is 27.2 Å². The van der Waals surface area contributed by atoms with Crippen molar-refractivity contribution in [3.8, 4) is 22.8 Å². The van der Waals surface area contributed by atoms with E-state index in [-0.39, 0.29) is 17.0 Å². The number of pyridine rings is 1. The summed E-state index contributed by atoms with van der Waals surface area (Å²) in [6.07, 6.45) is -6.48. The molecule has 2 N–H and O–H groups in total. The van der Waals surface area contributed by atoms with Gasteiger partial charge in [-0.3, -0.25) is 10.2 Å². The number of carbonyl (C=O) groups excluding carboxylic acids is 1. The van der Waals surface area contributed by atoms with Crippen molar-refractivity contribution >= 4 is 28.6 Å². The number of hydrazine groups is 1. The average molecular weight is 497 g/mol. The molecule has 0 saturated carbocycles. The molecule has 0 spiro atoms. The number of benzene rings is 3. The SMILES string of the molecule is COc1c(-c2ccccc2)nc2ccccc2c1C(=O)NN(C(=O)O)c1ccc(OC(F)(F)F)cc1. The Labute approximate surface area is 202 Å². The van der Waals surface area contributed by atoms with Gasteiger partial charge in [0.2, 0.25) is 0 Å². The normalized spacial score (nSPS) is 11.1. The third-order valence-corrected chi connectivity index (χ3v) is 5.06. The van der Waals surface area contributed by atoms with Crippen molar-refractivity contribution in [2.75, 3.05) is 12.1 Å². The minimum Gasteiger partial charge on any atom is -0.494 e. The topological polar surface area (TPSA) is 101 Å². The molecule has 0 atom stereocenters. The molecule has 2 amide bonds. The summed E-state index contributed by atoms with van der Waals surface area (Å²) in [7, 11) is 1.36. The van der Waals surface area contributed by atoms with E-state index in [1.165, 1.54) is 7.11 Å². The number of hydrogen-bond acceptors (Lipinski definition) is 5. The maximum Gasteiger partial charge on any atom is 0.573 e. The predicted octanol–water partition coefficient (Wildman–Crippen LogP) is 5.64. The summed E-state index contributed by atoms with van der Waals surface area (Å²) in [6.45, 7) is 0. The number of methoxy groups -OCH3 is 1. The summed E-state index contributed by atoms with van der Waals surface area (Å²) in [5, 5.41) is 10.6. The highest BCUT2D eigenvalue weighted by Gasteiger charge is 2.31. The number of halogens is 3. The summed E-state index contributed by atoms with van der Waals surface area (Å²) in [6, 6.07) is 19.7. The molecule has 4 aromatic rings. The fraction of sp³-hybridized carbons (Fsp3) is 0.0800. The molecule has 1 heterocycles. The molecule has 3 aromatic carbocycles. The van der Waals surface area contributed by atoms with E-state index >= 15 is 0 Å². The molecule has 0 aliphatic heterocycles. The van der Waals surface area contributed by atoms with E-state index in [1.807, 2.05) is 6.07 Å². The van der Waals surface area contributed by atoms with Crippen LogP contribution in [-0.2, 0) is 0 Å². The molecule has 0 bridgehead atoms. The Hall–Kier alpha value is -4.80. The molecule has 0 saturated heterocycles. The van der Waals surface area contributed by atoms with Gasteiger partial charge in [0.1, 0.15) is 11.4 Å². The Morgan fingerprint density at radius 1 is 0.944 bits per heavy atom. The molecule has 11 heteroatoms. The number of para-hydroxylation sites is 1. The molecule has 0 aliphatic carbocycles. The number of nitrogens with zero attached hydrogens (tertiary/aromatic N) is 2. The lowest BCUT2D eigenvalue weighted by Crippen LogP contribution is -2.46. The van der Waals surface area contributed by atoms with Crippen LogP contribution in [0.3, 0.4) is 0 Å². The van der Waals surface area contributed by atoms with Crippen LogP contribution in [0.5, 0.6) is 11.5 Å². The van der Waals surface area contributed by atoms with Gasteiger partial charge in [-0.15, -0.1) is 13.2 Å². The van der Waals surface area contributed by atoms with Gasteiger partial charge < -0.3 is 14.6 Å². The van der Waals surface area contributed by atoms with E-state index < -0.39 is 24.1 Å². The molecule has 0 fully saturated rings. The van der Waals surface area contributed by atoms with Gasteiger partial charge in [0.15, 0.2) is 5.75 Å². The number of amides is 2. The van der Waals surface area contributed by atoms with Crippen LogP contribution in [0.25, 0.3) is 22.2 Å². The first-order valence-corrected chi connectivity index (χ1v) is 10.4. The first kappa shape index (κ1) is 24.3. The van der Waals surface area contributed by atoms with E-state index in [1.54, 1.807) is 48.5 Å². The van der Waals surface area contributed by atoms with Gasteiger partial charge in [0.25, 0.3) is 5.91 Å². The number of carbonyl (C=O) groups is 2. The number of fused-ring (bicyclic) bond motifs is 1. The van der Waals surface area contributed by atoms with E-state index in [9.17, 15) is 27.9 Å². The van der Waals surface area contributed by atoms with Crippen LogP contribution in [0.1, 0.15) is 10.4 Å². The van der Waals surface area contributed by atoms with Crippen LogP contribution in [0.2, 0.25) is 0 Å². The zero-order valence-electron chi connectivity index (χ0n) is 18.6. The van der Waals surface area contributed by atoms with E-state index in [4.69, 9.17) is 4.74 Å². The number of rotatable bonds is 5. The lowest BCUT2D eigenvalue weighted by molar-refractivity contribution is -0.274. The Kier molecular flexibility index (Phi) is 6.64. The number of ether oxygens (including phenoxy) is 2. The Balaban J connectivity index is 1.76. The van der Waals surface area contributed by atoms with Crippen molar-refractivity contribution < 1.29 is 37.3 Å². The second-order valence-corrected chi connectivity index (χ2v) is 7.35. The first-order valence-electron chi connectivity index (χ1n) is 10.4. The highest BCUT2D eigenvalue weighted by atomic mass is 19.4. The highest BCUT2D eigenvalue weighted by molar-refractivity contribution is 6.12. The number of carboxylic acid groups (broad SMARTS) is 1. The van der Waals surface area contributed by atoms with Crippen LogP contribution in [0.15, 0.2) is 78.9 Å². The predicted molar refractivity (Wildman–Crippen MR) is 125 cm³/mol. The molecule has 0 aliphatic rings. The minimum atomic E-state index is -4.91. The summed E-state index contributed by atoms with van der Waals surface area (Å²) in [5.41, 5.74) is 3.71. The molecular formula is C25H18F3N3O5. The van der Waals surface area contributed by atoms with Crippen LogP contribution >= 0.6 is 0 Å². The quantitative estimate of drug-likeness (QED) is 0.346. The Bertz CT molecular complexity index is 1410. The molecule has 36 heavy (non-hydrogen) atoms. The van der Waals surface area contributed by atoms with Gasteiger partial charge in [-0.1, -0.05) is 48.5 Å². The van der Waals surface area contributed by atoms with Crippen LogP contribution in [0.4, 0.5) is 23.7 Å². The zero-order chi connectivity index (χ0) is 25.9. The minimum absolute atomic E-state index is 0.0326. The van der Waals surface area contributed by atoms with Crippen LogP contribution in [-0.4, -0.2) is 35.6 Å². The van der Waals surface area contributed by atoms with Crippen molar-refractivity contribution in [1.29, 1.82) is 0 Å². The molecule has 0 radical (unpaired) electrons. The van der Waals surface area contributed by atoms with Gasteiger partial charge in [-0.05, 0) is 30.3 Å². The van der Waals surface area contributed by atoms with E-state index in [0.717, 1.165) is 24.3 Å². The van der Waals surface area contributed by atoms with Crippen molar-refractivity contribution in [3.05, 3.63) is 84.4 Å². The number of aromatic nitrogens is 1. The number of hydrogen-bond donors (Lipinski definition) is 2. The van der Waals surface area contributed by atoms with Gasteiger partial charge in [-0.2, -0.15) is 5.01 Å². The van der Waals surface area contributed by atoms with Gasteiger partial charge in [0.05, 0.1) is 23.9 Å². The third-order valence-electron chi connectivity index (χ3n) is 5.06. The van der Waals surface area contributed by atoms with Crippen molar-refractivity contribution in [2.45, 2.75) is 6.36 Å². The monoisotopic (exact) mass is 497 g/mol. The maximum absolute atomic E-state index is 13.5. The van der Waals surface area contributed by atoms with Crippen LogP contribution in [0, 0.1) is 0 Å². The molecule has 4 rings (SSSR count). The molecule has 8 nitrogen and oxygen atoms in total. The van der Waals surface area contributed by atoms with Crippen LogP contribution < -0.4 is 19.9 Å². The second-order valence-electron chi connectivity index (χ2n) is 7.35. The average Bonchev–Trinajstić information content (AvgIpc) is 2.86. The number of nitrogens with one attached hydrogen (secondary N) is 1. The lowest BCUT2D eigenvalue weighted by Gasteiger charge is -2.22. The summed E-state index contributed by atoms with van der Waals surface area (Å²) in [4.78, 5) is 30.0. The number of anilines is 1. The third kappa shape index (κ3) is 5.14. The smallest absolute Gasteiger partial charge is 0.494 e. The molecule has 0 unspecified atom stereocenters. The first-order chi connectivity index (χ1) is 17.2. The van der Waals surface area contributed by atoms with E-state index in [2.05, 4.69) is 15.1 Å². The lowest BCUT2D eigenvalue weighted by atomic mass is 10.0. The van der Waals surface area contributed by atoms with Crippen molar-refractivity contribution in [1.82, 2.24) is 10.4 Å². The number of alkyl halides is 3. The highest BCUT2D eigenvalue weighted by Crippen LogP contribution is 2.36. The fourth-order valence-corrected chi connectivity index (χ4v) is 3.59. The standard InChI is InChI=1S/C25H18F3N3O5/c1-35-22-20(18-9-5-6-10-19(18)29-21(22)15-7-3-2-4-8-15)23(32)30-31(24(33)34)16-11-13-17(14-12-16)36-25(26,27)28/h2-14H,1H3,(H,30,32)(H,33,34). The fourth-order valence-electron chi connectivity index (χ4n) is 3.59. The van der Waals surface area contributed by atoms with Crippen molar-refractivity contribution in [2.24, 2.45) is 0 Å². The summed E-state index contributed by atoms with van der Waals surface area (Å²) >= 11 is 0. The van der Waals surface area contributed by atoms with Gasteiger partial charge in [-0.25, -0.2) is 9.78 Å². The molecule has 184 valence electrons. The summed E-state index contributed by atoms with van der Waals surface area (Å²) < 4.78 is 46.7. The Morgan fingerprint density at radius 3 is 2.19 bits per heavy atom.